The van der Waals surface area contributed by atoms with Gasteiger partial charge in [0.15, 0.2) is 17.1 Å². The summed E-state index contributed by atoms with van der Waals surface area (Å²) < 4.78 is 13.2. The lowest BCUT2D eigenvalue weighted by Crippen LogP contribution is -2.31. The van der Waals surface area contributed by atoms with Crippen LogP contribution in [0.15, 0.2) is 41.4 Å². The number of ether oxygens (including phenoxy) is 2. The quantitative estimate of drug-likeness (QED) is 0.603. The monoisotopic (exact) mass is 418 g/mol. The molecule has 0 aliphatic carbocycles. The summed E-state index contributed by atoms with van der Waals surface area (Å²) >= 11 is 0. The lowest BCUT2D eigenvalue weighted by atomic mass is 10.1. The van der Waals surface area contributed by atoms with Crippen LogP contribution in [0.5, 0.6) is 17.4 Å². The van der Waals surface area contributed by atoms with E-state index >= 15 is 0 Å². The number of amidine groups is 1. The van der Waals surface area contributed by atoms with E-state index in [4.69, 9.17) is 9.47 Å². The number of hydrogen-bond acceptors (Lipinski definition) is 7. The van der Waals surface area contributed by atoms with Crippen molar-refractivity contribution in [1.29, 1.82) is 0 Å². The molecular weight excluding hydrogens is 396 g/mol. The first-order valence-corrected chi connectivity index (χ1v) is 10.2. The molecule has 158 valence electrons. The van der Waals surface area contributed by atoms with Crippen LogP contribution < -0.4 is 9.47 Å². The van der Waals surface area contributed by atoms with E-state index in [1.165, 1.54) is 6.33 Å². The Hall–Kier alpha value is -3.75. The zero-order valence-electron chi connectivity index (χ0n) is 17.4. The van der Waals surface area contributed by atoms with Crippen molar-refractivity contribution in [3.63, 3.8) is 0 Å². The van der Waals surface area contributed by atoms with Gasteiger partial charge in [0.2, 0.25) is 5.88 Å². The van der Waals surface area contributed by atoms with E-state index in [1.807, 2.05) is 24.1 Å². The maximum absolute atomic E-state index is 12.8. The molecule has 0 atom stereocenters. The normalized spacial score (nSPS) is 17.6. The summed E-state index contributed by atoms with van der Waals surface area (Å²) in [7, 11) is 3.38. The molecule has 0 unspecified atom stereocenters. The van der Waals surface area contributed by atoms with Gasteiger partial charge in [-0.2, -0.15) is 5.10 Å². The third kappa shape index (κ3) is 3.52. The molecule has 4 heterocycles. The van der Waals surface area contributed by atoms with Gasteiger partial charge < -0.3 is 9.47 Å². The summed E-state index contributed by atoms with van der Waals surface area (Å²) in [6.07, 6.45) is 8.97. The SMILES string of the molecule is COc1cc(/C=C2/N=C3CCCCCN3C2=O)ccc1Oc1ncnc2c1cnn2C. The molecule has 0 N–H and O–H groups in total. The summed E-state index contributed by atoms with van der Waals surface area (Å²) in [4.78, 5) is 27.6. The minimum Gasteiger partial charge on any atom is -0.493 e. The van der Waals surface area contributed by atoms with Gasteiger partial charge in [0.1, 0.15) is 23.2 Å². The van der Waals surface area contributed by atoms with Gasteiger partial charge in [-0.15, -0.1) is 0 Å². The van der Waals surface area contributed by atoms with Crippen LogP contribution in [0.4, 0.5) is 0 Å². The van der Waals surface area contributed by atoms with Crippen molar-refractivity contribution in [1.82, 2.24) is 24.6 Å². The molecule has 9 heteroatoms. The van der Waals surface area contributed by atoms with Crippen molar-refractivity contribution in [2.75, 3.05) is 13.7 Å². The predicted molar refractivity (Wildman–Crippen MR) is 115 cm³/mol. The summed E-state index contributed by atoms with van der Waals surface area (Å²) in [5.41, 5.74) is 1.95. The second-order valence-corrected chi connectivity index (χ2v) is 7.52. The maximum atomic E-state index is 12.8. The van der Waals surface area contributed by atoms with E-state index in [0.29, 0.717) is 34.1 Å². The number of aromatic nitrogens is 4. The van der Waals surface area contributed by atoms with Crippen LogP contribution in [0.1, 0.15) is 31.2 Å². The van der Waals surface area contributed by atoms with Gasteiger partial charge in [-0.1, -0.05) is 12.5 Å². The van der Waals surface area contributed by atoms with Gasteiger partial charge in [-0.05, 0) is 36.6 Å². The minimum atomic E-state index is -0.0313. The first kappa shape index (κ1) is 19.2. The predicted octanol–water partition coefficient (Wildman–Crippen LogP) is 3.32. The molecule has 1 saturated heterocycles. The largest absolute Gasteiger partial charge is 0.493 e. The molecule has 1 fully saturated rings. The molecule has 5 rings (SSSR count). The molecule has 0 spiro atoms. The van der Waals surface area contributed by atoms with Crippen LogP contribution in [0.2, 0.25) is 0 Å². The number of nitrogens with zero attached hydrogens (tertiary/aromatic N) is 6. The highest BCUT2D eigenvalue weighted by Gasteiger charge is 2.30. The Balaban J connectivity index is 1.44. The summed E-state index contributed by atoms with van der Waals surface area (Å²) in [6, 6.07) is 5.48. The number of amides is 1. The van der Waals surface area contributed by atoms with E-state index < -0.39 is 0 Å². The fraction of sp³-hybridized carbons (Fsp3) is 0.318. The lowest BCUT2D eigenvalue weighted by Gasteiger charge is -2.14. The smallest absolute Gasteiger partial charge is 0.277 e. The van der Waals surface area contributed by atoms with Gasteiger partial charge >= 0.3 is 0 Å². The Bertz CT molecular complexity index is 1230. The second kappa shape index (κ2) is 7.82. The zero-order valence-corrected chi connectivity index (χ0v) is 17.4. The molecule has 1 aromatic carbocycles. The van der Waals surface area contributed by atoms with Gasteiger partial charge in [0, 0.05) is 20.0 Å². The van der Waals surface area contributed by atoms with Crippen LogP contribution in [-0.2, 0) is 11.8 Å². The maximum Gasteiger partial charge on any atom is 0.277 e. The van der Waals surface area contributed by atoms with E-state index in [1.54, 1.807) is 30.1 Å². The Morgan fingerprint density at radius 2 is 2.03 bits per heavy atom. The molecule has 0 saturated carbocycles. The van der Waals surface area contributed by atoms with E-state index in [2.05, 4.69) is 20.1 Å². The van der Waals surface area contributed by atoms with Crippen molar-refractivity contribution in [3.8, 4) is 17.4 Å². The zero-order chi connectivity index (χ0) is 21.4. The van der Waals surface area contributed by atoms with Crippen LogP contribution >= 0.6 is 0 Å². The first-order valence-electron chi connectivity index (χ1n) is 10.2. The van der Waals surface area contributed by atoms with Crippen LogP contribution in [0, 0.1) is 0 Å². The van der Waals surface area contributed by atoms with Gasteiger partial charge in [-0.25, -0.2) is 15.0 Å². The minimum absolute atomic E-state index is 0.0313. The van der Waals surface area contributed by atoms with Crippen LogP contribution in [0.25, 0.3) is 17.1 Å². The number of methoxy groups -OCH3 is 1. The molecular formula is C22H22N6O3. The van der Waals surface area contributed by atoms with Crippen molar-refractivity contribution < 1.29 is 14.3 Å². The molecule has 2 aliphatic heterocycles. The van der Waals surface area contributed by atoms with Crippen molar-refractivity contribution in [2.45, 2.75) is 25.7 Å². The molecule has 9 nitrogen and oxygen atoms in total. The van der Waals surface area contributed by atoms with Crippen molar-refractivity contribution >= 4 is 28.9 Å². The number of rotatable bonds is 4. The number of hydrogen-bond donors (Lipinski definition) is 0. The highest BCUT2D eigenvalue weighted by atomic mass is 16.5. The number of benzene rings is 1. The average molecular weight is 418 g/mol. The lowest BCUT2D eigenvalue weighted by molar-refractivity contribution is -0.122. The summed E-state index contributed by atoms with van der Waals surface area (Å²) in [5, 5.41) is 4.91. The molecule has 2 aromatic heterocycles. The summed E-state index contributed by atoms with van der Waals surface area (Å²) in [5.74, 6) is 2.28. The number of aliphatic imine (C=N–C) groups is 1. The molecule has 0 bridgehead atoms. The highest BCUT2D eigenvalue weighted by molar-refractivity contribution is 6.14. The second-order valence-electron chi connectivity index (χ2n) is 7.52. The van der Waals surface area contributed by atoms with Gasteiger partial charge in [0.25, 0.3) is 5.91 Å². The van der Waals surface area contributed by atoms with Crippen LogP contribution in [-0.4, -0.2) is 50.0 Å². The van der Waals surface area contributed by atoms with Gasteiger partial charge in [0.05, 0.1) is 13.3 Å². The summed E-state index contributed by atoms with van der Waals surface area (Å²) in [6.45, 7) is 0.743. The number of aryl methyl sites for hydroxylation is 1. The fourth-order valence-electron chi connectivity index (χ4n) is 3.89. The molecule has 0 radical (unpaired) electrons. The number of carbonyl (C=O) groups is 1. The average Bonchev–Trinajstić information content (AvgIpc) is 3.19. The van der Waals surface area contributed by atoms with Crippen molar-refractivity contribution in [2.24, 2.45) is 12.0 Å². The Morgan fingerprint density at radius 3 is 2.90 bits per heavy atom. The highest BCUT2D eigenvalue weighted by Crippen LogP contribution is 2.35. The Kier molecular flexibility index (Phi) is 4.85. The fourth-order valence-corrected chi connectivity index (χ4v) is 3.89. The first-order chi connectivity index (χ1) is 15.1. The Morgan fingerprint density at radius 1 is 1.13 bits per heavy atom. The molecule has 2 aliphatic rings. The third-order valence-electron chi connectivity index (χ3n) is 5.50. The van der Waals surface area contributed by atoms with Gasteiger partial charge in [-0.3, -0.25) is 14.4 Å². The van der Waals surface area contributed by atoms with E-state index in [0.717, 1.165) is 43.6 Å². The number of carbonyl (C=O) groups excluding carboxylic acids is 1. The van der Waals surface area contributed by atoms with Crippen molar-refractivity contribution in [3.05, 3.63) is 42.0 Å². The number of fused-ring (bicyclic) bond motifs is 2. The third-order valence-corrected chi connectivity index (χ3v) is 5.50. The van der Waals surface area contributed by atoms with E-state index in [-0.39, 0.29) is 5.91 Å². The topological polar surface area (TPSA) is 94.7 Å². The molecule has 1 amide bonds. The molecule has 3 aromatic rings. The molecule has 31 heavy (non-hydrogen) atoms. The standard InChI is InChI=1S/C22H22N6O3/c1-27-20-15(12-25-27)21(24-13-23-20)31-17-8-7-14(11-18(17)30-2)10-16-22(29)28-9-5-3-4-6-19(28)26-16/h7-8,10-13H,3-6,9H2,1-2H3/b16-10+. The van der Waals surface area contributed by atoms with E-state index in [9.17, 15) is 4.79 Å². The van der Waals surface area contributed by atoms with Crippen LogP contribution in [0.3, 0.4) is 0 Å². The Labute approximate surface area is 179 Å².